The van der Waals surface area contributed by atoms with Crippen LogP contribution in [0, 0.1) is 0 Å². The lowest BCUT2D eigenvalue weighted by molar-refractivity contribution is 0.361. The predicted octanol–water partition coefficient (Wildman–Crippen LogP) is 3.86. The van der Waals surface area contributed by atoms with Crippen LogP contribution in [0.5, 0.6) is 11.5 Å². The summed E-state index contributed by atoms with van der Waals surface area (Å²) in [4.78, 5) is 8.10. The Balaban J connectivity index is 2.51. The molecule has 0 radical (unpaired) electrons. The van der Waals surface area contributed by atoms with Crippen LogP contribution in [-0.4, -0.2) is 24.2 Å². The van der Waals surface area contributed by atoms with Crippen molar-refractivity contribution in [2.24, 2.45) is 0 Å². The van der Waals surface area contributed by atoms with Crippen molar-refractivity contribution < 1.29 is 9.47 Å². The molecule has 20 heavy (non-hydrogen) atoms. The molecule has 3 aromatic rings. The SMILES string of the molecule is COc1c(OC)c2[nH]c(C(C)C)nc2c2ccccc12. The lowest BCUT2D eigenvalue weighted by Crippen LogP contribution is -1.93. The fraction of sp³-hybridized carbons (Fsp3) is 0.312. The first-order valence-electron chi connectivity index (χ1n) is 6.69. The number of nitrogens with one attached hydrogen (secondary N) is 1. The molecule has 0 bridgehead atoms. The summed E-state index contributed by atoms with van der Waals surface area (Å²) in [5, 5.41) is 2.09. The van der Waals surface area contributed by atoms with Crippen molar-refractivity contribution >= 4 is 21.8 Å². The minimum Gasteiger partial charge on any atom is -0.492 e. The Bertz CT molecular complexity index is 775. The average Bonchev–Trinajstić information content (AvgIpc) is 2.91. The molecule has 4 nitrogen and oxygen atoms in total. The van der Waals surface area contributed by atoms with E-state index in [2.05, 4.69) is 24.9 Å². The lowest BCUT2D eigenvalue weighted by Gasteiger charge is -2.11. The number of hydrogen-bond acceptors (Lipinski definition) is 3. The van der Waals surface area contributed by atoms with Gasteiger partial charge >= 0.3 is 0 Å². The Morgan fingerprint density at radius 1 is 1.00 bits per heavy atom. The van der Waals surface area contributed by atoms with Crippen LogP contribution < -0.4 is 9.47 Å². The van der Waals surface area contributed by atoms with E-state index in [4.69, 9.17) is 14.5 Å². The van der Waals surface area contributed by atoms with Crippen molar-refractivity contribution in [3.8, 4) is 11.5 Å². The molecule has 0 saturated carbocycles. The topological polar surface area (TPSA) is 47.1 Å². The number of benzene rings is 2. The van der Waals surface area contributed by atoms with Crippen LogP contribution >= 0.6 is 0 Å². The van der Waals surface area contributed by atoms with Gasteiger partial charge in [-0.05, 0) is 0 Å². The molecule has 0 atom stereocenters. The normalized spacial score (nSPS) is 11.4. The molecule has 104 valence electrons. The van der Waals surface area contributed by atoms with Crippen molar-refractivity contribution in [3.05, 3.63) is 30.1 Å². The summed E-state index contributed by atoms with van der Waals surface area (Å²) in [5.74, 6) is 2.74. The zero-order valence-corrected chi connectivity index (χ0v) is 12.2. The summed E-state index contributed by atoms with van der Waals surface area (Å²) in [6, 6.07) is 8.09. The number of hydrogen-bond donors (Lipinski definition) is 1. The van der Waals surface area contributed by atoms with Gasteiger partial charge in [0.25, 0.3) is 0 Å². The van der Waals surface area contributed by atoms with Crippen LogP contribution in [-0.2, 0) is 0 Å². The second kappa shape index (κ2) is 4.71. The molecule has 1 heterocycles. The molecular weight excluding hydrogens is 252 g/mol. The molecule has 0 unspecified atom stereocenters. The number of ether oxygens (including phenoxy) is 2. The highest BCUT2D eigenvalue weighted by Crippen LogP contribution is 2.42. The van der Waals surface area contributed by atoms with E-state index in [1.807, 2.05) is 18.2 Å². The summed E-state index contributed by atoms with van der Waals surface area (Å²) in [6.07, 6.45) is 0. The van der Waals surface area contributed by atoms with E-state index in [-0.39, 0.29) is 0 Å². The van der Waals surface area contributed by atoms with E-state index in [9.17, 15) is 0 Å². The number of fused-ring (bicyclic) bond motifs is 3. The first kappa shape index (κ1) is 12.8. The van der Waals surface area contributed by atoms with E-state index < -0.39 is 0 Å². The van der Waals surface area contributed by atoms with E-state index in [1.54, 1.807) is 14.2 Å². The van der Waals surface area contributed by atoms with Gasteiger partial charge < -0.3 is 14.5 Å². The van der Waals surface area contributed by atoms with Crippen LogP contribution in [0.15, 0.2) is 24.3 Å². The van der Waals surface area contributed by atoms with Gasteiger partial charge in [-0.15, -0.1) is 0 Å². The second-order valence-electron chi connectivity index (χ2n) is 5.11. The molecule has 0 aliphatic rings. The first-order valence-corrected chi connectivity index (χ1v) is 6.69. The number of rotatable bonds is 3. The fourth-order valence-electron chi connectivity index (χ4n) is 2.55. The summed E-state index contributed by atoms with van der Waals surface area (Å²) in [7, 11) is 3.32. The number of imidazole rings is 1. The van der Waals surface area contributed by atoms with Gasteiger partial charge in [0.2, 0.25) is 0 Å². The predicted molar refractivity (Wildman–Crippen MR) is 80.8 cm³/mol. The van der Waals surface area contributed by atoms with Crippen LogP contribution in [0.4, 0.5) is 0 Å². The van der Waals surface area contributed by atoms with Gasteiger partial charge in [0.1, 0.15) is 16.9 Å². The van der Waals surface area contributed by atoms with Gasteiger partial charge in [-0.2, -0.15) is 0 Å². The van der Waals surface area contributed by atoms with Gasteiger partial charge in [0, 0.05) is 16.7 Å². The standard InChI is InChI=1S/C16H18N2O2/c1-9(2)16-17-12-10-7-5-6-8-11(10)14(19-3)15(20-4)13(12)18-16/h5-9H,1-4H3,(H,17,18). The largest absolute Gasteiger partial charge is 0.492 e. The highest BCUT2D eigenvalue weighted by molar-refractivity contribution is 6.10. The first-order chi connectivity index (χ1) is 9.67. The number of nitrogens with zero attached hydrogens (tertiary/aromatic N) is 1. The van der Waals surface area contributed by atoms with Gasteiger partial charge in [0.15, 0.2) is 11.5 Å². The van der Waals surface area contributed by atoms with Crippen LogP contribution in [0.3, 0.4) is 0 Å². The maximum atomic E-state index is 5.55. The van der Waals surface area contributed by atoms with Crippen molar-refractivity contribution in [2.45, 2.75) is 19.8 Å². The van der Waals surface area contributed by atoms with E-state index >= 15 is 0 Å². The molecule has 0 spiro atoms. The number of methoxy groups -OCH3 is 2. The van der Waals surface area contributed by atoms with Gasteiger partial charge in [-0.1, -0.05) is 38.1 Å². The Labute approximate surface area is 117 Å². The molecule has 4 heteroatoms. The third-order valence-electron chi connectivity index (χ3n) is 3.54. The molecule has 2 aromatic carbocycles. The zero-order valence-electron chi connectivity index (χ0n) is 12.2. The highest BCUT2D eigenvalue weighted by Gasteiger charge is 2.19. The molecular formula is C16H18N2O2. The molecule has 0 aliphatic carbocycles. The quantitative estimate of drug-likeness (QED) is 0.786. The van der Waals surface area contributed by atoms with E-state index in [0.717, 1.165) is 33.4 Å². The number of aromatic amines is 1. The minimum atomic E-state index is 0.330. The molecule has 1 N–H and O–H groups in total. The van der Waals surface area contributed by atoms with Crippen molar-refractivity contribution in [2.75, 3.05) is 14.2 Å². The number of H-pyrrole nitrogens is 1. The van der Waals surface area contributed by atoms with Crippen LogP contribution in [0.1, 0.15) is 25.6 Å². The number of aromatic nitrogens is 2. The van der Waals surface area contributed by atoms with E-state index in [0.29, 0.717) is 11.7 Å². The molecule has 3 rings (SSSR count). The van der Waals surface area contributed by atoms with Crippen molar-refractivity contribution in [1.82, 2.24) is 9.97 Å². The minimum absolute atomic E-state index is 0.330. The molecule has 1 aromatic heterocycles. The molecule has 0 fully saturated rings. The second-order valence-corrected chi connectivity index (χ2v) is 5.11. The van der Waals surface area contributed by atoms with Gasteiger partial charge in [-0.25, -0.2) is 4.98 Å². The maximum absolute atomic E-state index is 5.55. The van der Waals surface area contributed by atoms with Crippen LogP contribution in [0.25, 0.3) is 21.8 Å². The highest BCUT2D eigenvalue weighted by atomic mass is 16.5. The average molecular weight is 270 g/mol. The maximum Gasteiger partial charge on any atom is 0.187 e. The summed E-state index contributed by atoms with van der Waals surface area (Å²) >= 11 is 0. The summed E-state index contributed by atoms with van der Waals surface area (Å²) < 4.78 is 11.1. The third kappa shape index (κ3) is 1.72. The molecule has 0 aliphatic heterocycles. The Kier molecular flexibility index (Phi) is 3.01. The van der Waals surface area contributed by atoms with Crippen molar-refractivity contribution in [1.29, 1.82) is 0 Å². The smallest absolute Gasteiger partial charge is 0.187 e. The lowest BCUT2D eigenvalue weighted by atomic mass is 10.1. The molecule has 0 amide bonds. The summed E-state index contributed by atoms with van der Waals surface area (Å²) in [5.41, 5.74) is 1.83. The monoisotopic (exact) mass is 270 g/mol. The van der Waals surface area contributed by atoms with Crippen LogP contribution in [0.2, 0.25) is 0 Å². The fourth-order valence-corrected chi connectivity index (χ4v) is 2.55. The zero-order chi connectivity index (χ0) is 14.3. The van der Waals surface area contributed by atoms with Gasteiger partial charge in [0.05, 0.1) is 14.2 Å². The van der Waals surface area contributed by atoms with E-state index in [1.165, 1.54) is 0 Å². The Hall–Kier alpha value is -2.23. The Morgan fingerprint density at radius 2 is 1.65 bits per heavy atom. The summed E-state index contributed by atoms with van der Waals surface area (Å²) in [6.45, 7) is 4.23. The molecule has 0 saturated heterocycles. The van der Waals surface area contributed by atoms with Crippen molar-refractivity contribution in [3.63, 3.8) is 0 Å². The third-order valence-corrected chi connectivity index (χ3v) is 3.54. The Morgan fingerprint density at radius 3 is 2.25 bits per heavy atom. The van der Waals surface area contributed by atoms with Gasteiger partial charge in [-0.3, -0.25) is 0 Å².